The maximum atomic E-state index is 14.4. The third kappa shape index (κ3) is 2.60. The molecule has 0 radical (unpaired) electrons. The molecule has 0 unspecified atom stereocenters. The fourth-order valence-corrected chi connectivity index (χ4v) is 6.02. The molecule has 8 heteroatoms. The van der Waals surface area contributed by atoms with Gasteiger partial charge in [0.25, 0.3) is 0 Å². The molecule has 6 rings (SSSR count). The van der Waals surface area contributed by atoms with Crippen LogP contribution in [0.3, 0.4) is 0 Å². The van der Waals surface area contributed by atoms with Gasteiger partial charge in [-0.1, -0.05) is 26.0 Å². The largest absolute Gasteiger partial charge is 0.324 e. The van der Waals surface area contributed by atoms with Gasteiger partial charge in [-0.15, -0.1) is 15.3 Å². The number of hydrogen-bond acceptors (Lipinski definition) is 5. The van der Waals surface area contributed by atoms with E-state index in [1.54, 1.807) is 0 Å². The first-order valence-electron chi connectivity index (χ1n) is 11.0. The Morgan fingerprint density at radius 1 is 0.939 bits per heavy atom. The average Bonchev–Trinajstić information content (AvgIpc) is 3.40. The number of rotatable bonds is 3. The molecule has 2 bridgehead atoms. The third-order valence-electron chi connectivity index (χ3n) is 7.63. The highest BCUT2D eigenvalue weighted by molar-refractivity contribution is 5.64. The molecule has 166 valence electrons. The summed E-state index contributed by atoms with van der Waals surface area (Å²) in [5.41, 5.74) is 2.92. The Balaban J connectivity index is 1.53. The summed E-state index contributed by atoms with van der Waals surface area (Å²) >= 11 is 0. The van der Waals surface area contributed by atoms with Crippen LogP contribution < -0.4 is 0 Å². The fourth-order valence-electron chi connectivity index (χ4n) is 6.02. The van der Waals surface area contributed by atoms with Crippen LogP contribution in [-0.4, -0.2) is 30.4 Å². The van der Waals surface area contributed by atoms with Gasteiger partial charge in [0.15, 0.2) is 5.82 Å². The minimum atomic E-state index is -0.641. The number of aromatic nitrogens is 6. The van der Waals surface area contributed by atoms with Crippen LogP contribution in [0.25, 0.3) is 22.8 Å². The molecule has 3 aromatic heterocycles. The molecule has 2 aliphatic rings. The first-order chi connectivity index (χ1) is 15.8. The van der Waals surface area contributed by atoms with Gasteiger partial charge in [-0.05, 0) is 67.0 Å². The molecular formula is C25H22F2N6. The summed E-state index contributed by atoms with van der Waals surface area (Å²) in [5.74, 6) is 0.250. The second-order valence-corrected chi connectivity index (χ2v) is 9.52. The molecule has 3 heterocycles. The van der Waals surface area contributed by atoms with Gasteiger partial charge < -0.3 is 4.98 Å². The standard InChI is InChI=1S/C25H22F2N6/c1-13-28-23(33-30-13)18-8-5-9-20(29-18)25-11-10-15(24(25,2)3)14-12-19(31-32-22(14)25)21-16(26)6-4-7-17(21)27/h4-9,12,15H,10-11H2,1-3H3,(H,28,30,33)/t15-,25-/m0/s1. The van der Waals surface area contributed by atoms with E-state index in [-0.39, 0.29) is 22.6 Å². The lowest BCUT2D eigenvalue weighted by atomic mass is 9.66. The first kappa shape index (κ1) is 20.1. The number of fused-ring (bicyclic) bond motifs is 5. The SMILES string of the molecule is Cc1nnc(-c2cccc([C@@]34CC[C@@H](c5cc(-c6c(F)cccc6F)nnc53)C4(C)C)n2)[nH]1. The number of halogens is 2. The van der Waals surface area contributed by atoms with E-state index in [0.29, 0.717) is 11.5 Å². The zero-order valence-electron chi connectivity index (χ0n) is 18.5. The van der Waals surface area contributed by atoms with E-state index < -0.39 is 17.0 Å². The van der Waals surface area contributed by atoms with Crippen LogP contribution in [0.2, 0.25) is 0 Å². The minimum Gasteiger partial charge on any atom is -0.324 e. The lowest BCUT2D eigenvalue weighted by molar-refractivity contribution is 0.243. The van der Waals surface area contributed by atoms with Gasteiger partial charge in [-0.2, -0.15) is 5.10 Å². The molecular weight excluding hydrogens is 422 g/mol. The van der Waals surface area contributed by atoms with Crippen LogP contribution in [0.4, 0.5) is 8.78 Å². The van der Waals surface area contributed by atoms with Gasteiger partial charge in [0.05, 0.1) is 28.1 Å². The summed E-state index contributed by atoms with van der Waals surface area (Å²) in [4.78, 5) is 8.13. The summed E-state index contributed by atoms with van der Waals surface area (Å²) in [6.07, 6.45) is 1.82. The highest BCUT2D eigenvalue weighted by Crippen LogP contribution is 2.69. The van der Waals surface area contributed by atoms with Crippen molar-refractivity contribution in [3.05, 3.63) is 76.9 Å². The molecule has 4 aromatic rings. The molecule has 1 fully saturated rings. The van der Waals surface area contributed by atoms with Crippen LogP contribution in [-0.2, 0) is 5.41 Å². The lowest BCUT2D eigenvalue weighted by Crippen LogP contribution is -2.37. The summed E-state index contributed by atoms with van der Waals surface area (Å²) < 4.78 is 28.9. The van der Waals surface area contributed by atoms with Crippen molar-refractivity contribution in [1.82, 2.24) is 30.4 Å². The van der Waals surface area contributed by atoms with Gasteiger partial charge in [0.1, 0.15) is 23.2 Å². The summed E-state index contributed by atoms with van der Waals surface area (Å²) in [5, 5.41) is 17.1. The highest BCUT2D eigenvalue weighted by Gasteiger charge is 2.65. The van der Waals surface area contributed by atoms with E-state index in [9.17, 15) is 8.78 Å². The Morgan fingerprint density at radius 3 is 2.42 bits per heavy atom. The number of aromatic amines is 1. The second kappa shape index (κ2) is 6.73. The Morgan fingerprint density at radius 2 is 1.70 bits per heavy atom. The van der Waals surface area contributed by atoms with Crippen LogP contribution >= 0.6 is 0 Å². The zero-order valence-corrected chi connectivity index (χ0v) is 18.5. The minimum absolute atomic E-state index is 0.136. The maximum Gasteiger partial charge on any atom is 0.179 e. The summed E-state index contributed by atoms with van der Waals surface area (Å²) in [6.45, 7) is 6.30. The highest BCUT2D eigenvalue weighted by atomic mass is 19.1. The molecule has 1 N–H and O–H groups in total. The predicted molar refractivity (Wildman–Crippen MR) is 118 cm³/mol. The molecule has 6 nitrogen and oxygen atoms in total. The molecule has 33 heavy (non-hydrogen) atoms. The fraction of sp³-hybridized carbons (Fsp3) is 0.320. The van der Waals surface area contributed by atoms with Gasteiger partial charge in [0.2, 0.25) is 0 Å². The van der Waals surface area contributed by atoms with E-state index in [1.165, 1.54) is 18.2 Å². The number of nitrogens with one attached hydrogen (secondary N) is 1. The molecule has 0 spiro atoms. The number of aryl methyl sites for hydroxylation is 1. The van der Waals surface area contributed by atoms with Crippen LogP contribution in [0.15, 0.2) is 42.5 Å². The molecule has 1 aromatic carbocycles. The average molecular weight is 444 g/mol. The van der Waals surface area contributed by atoms with E-state index in [0.717, 1.165) is 35.6 Å². The molecule has 0 aliphatic heterocycles. The molecule has 0 saturated heterocycles. The number of H-pyrrole nitrogens is 1. The monoisotopic (exact) mass is 444 g/mol. The van der Waals surface area contributed by atoms with E-state index in [2.05, 4.69) is 39.2 Å². The summed E-state index contributed by atoms with van der Waals surface area (Å²) in [6, 6.07) is 11.6. The molecule has 1 saturated carbocycles. The van der Waals surface area contributed by atoms with Gasteiger partial charge >= 0.3 is 0 Å². The Kier molecular flexibility index (Phi) is 4.09. The Labute approximate surface area is 189 Å². The van der Waals surface area contributed by atoms with Crippen molar-refractivity contribution in [2.75, 3.05) is 0 Å². The zero-order chi connectivity index (χ0) is 23.0. The quantitative estimate of drug-likeness (QED) is 0.475. The first-order valence-corrected chi connectivity index (χ1v) is 11.0. The van der Waals surface area contributed by atoms with Crippen molar-refractivity contribution >= 4 is 0 Å². The molecule has 2 atom stereocenters. The second-order valence-electron chi connectivity index (χ2n) is 9.52. The smallest absolute Gasteiger partial charge is 0.179 e. The van der Waals surface area contributed by atoms with Gasteiger partial charge in [-0.25, -0.2) is 13.8 Å². The topological polar surface area (TPSA) is 80.2 Å². The third-order valence-corrected chi connectivity index (χ3v) is 7.63. The molecule has 0 amide bonds. The van der Waals surface area contributed by atoms with Crippen molar-refractivity contribution in [2.24, 2.45) is 5.41 Å². The van der Waals surface area contributed by atoms with Crippen LogP contribution in [0.1, 0.15) is 55.4 Å². The maximum absolute atomic E-state index is 14.4. The van der Waals surface area contributed by atoms with E-state index in [4.69, 9.17) is 4.98 Å². The predicted octanol–water partition coefficient (Wildman–Crippen LogP) is 5.11. The van der Waals surface area contributed by atoms with E-state index in [1.807, 2.05) is 31.2 Å². The number of hydrogen-bond donors (Lipinski definition) is 1. The van der Waals surface area contributed by atoms with Crippen LogP contribution in [0, 0.1) is 24.0 Å². The lowest BCUT2D eigenvalue weighted by Gasteiger charge is -2.37. The summed E-state index contributed by atoms with van der Waals surface area (Å²) in [7, 11) is 0. The van der Waals surface area contributed by atoms with Crippen molar-refractivity contribution in [2.45, 2.75) is 44.9 Å². The van der Waals surface area contributed by atoms with Crippen LogP contribution in [0.5, 0.6) is 0 Å². The Hall–Kier alpha value is -3.55. The van der Waals surface area contributed by atoms with Crippen molar-refractivity contribution < 1.29 is 8.78 Å². The van der Waals surface area contributed by atoms with Crippen molar-refractivity contribution in [3.63, 3.8) is 0 Å². The van der Waals surface area contributed by atoms with Crippen molar-refractivity contribution in [1.29, 1.82) is 0 Å². The number of benzene rings is 1. The Bertz CT molecular complexity index is 1390. The van der Waals surface area contributed by atoms with Gasteiger partial charge in [0, 0.05) is 0 Å². The normalized spacial score (nSPS) is 22.5. The number of nitrogens with zero attached hydrogens (tertiary/aromatic N) is 5. The van der Waals surface area contributed by atoms with E-state index >= 15 is 0 Å². The molecule has 2 aliphatic carbocycles. The van der Waals surface area contributed by atoms with Crippen molar-refractivity contribution in [3.8, 4) is 22.8 Å². The number of pyridine rings is 1. The van der Waals surface area contributed by atoms with Gasteiger partial charge in [-0.3, -0.25) is 0 Å².